The van der Waals surface area contributed by atoms with Crippen LogP contribution in [0, 0.1) is 11.8 Å². The third-order valence-electron chi connectivity index (χ3n) is 5.70. The van der Waals surface area contributed by atoms with E-state index in [9.17, 15) is 9.90 Å². The van der Waals surface area contributed by atoms with Crippen molar-refractivity contribution in [2.24, 2.45) is 11.8 Å². The maximum absolute atomic E-state index is 12.2. The lowest BCUT2D eigenvalue weighted by Crippen LogP contribution is -2.50. The van der Waals surface area contributed by atoms with Gasteiger partial charge in [0.2, 0.25) is 0 Å². The van der Waals surface area contributed by atoms with Gasteiger partial charge in [0.05, 0.1) is 6.10 Å². The second kappa shape index (κ2) is 9.59. The van der Waals surface area contributed by atoms with Crippen molar-refractivity contribution in [3.63, 3.8) is 0 Å². The Morgan fingerprint density at radius 1 is 1.25 bits per heavy atom. The minimum absolute atomic E-state index is 0.0646. The van der Waals surface area contributed by atoms with Gasteiger partial charge in [0.25, 0.3) is 0 Å². The predicted molar refractivity (Wildman–Crippen MR) is 97.1 cm³/mol. The molecular weight excluding hydrogens is 304 g/mol. The molecule has 2 rings (SSSR count). The van der Waals surface area contributed by atoms with Gasteiger partial charge < -0.3 is 20.2 Å². The van der Waals surface area contributed by atoms with E-state index in [1.54, 1.807) is 11.9 Å². The molecule has 140 valence electrons. The van der Waals surface area contributed by atoms with Crippen molar-refractivity contribution in [1.82, 2.24) is 20.0 Å². The number of likely N-dealkylation sites (N-methyl/N-ethyl adjacent to an activating group) is 2. The summed E-state index contributed by atoms with van der Waals surface area (Å²) in [5.74, 6) is 1.30. The fourth-order valence-corrected chi connectivity index (χ4v) is 3.83. The number of aliphatic hydroxyl groups excluding tert-OH is 1. The molecule has 1 saturated carbocycles. The number of hydrogen-bond donors (Lipinski definition) is 2. The summed E-state index contributed by atoms with van der Waals surface area (Å²) >= 11 is 0. The highest BCUT2D eigenvalue weighted by Gasteiger charge is 2.23. The Kier molecular flexibility index (Phi) is 7.78. The average Bonchev–Trinajstić information content (AvgIpc) is 2.56. The van der Waals surface area contributed by atoms with E-state index in [1.165, 1.54) is 25.7 Å². The van der Waals surface area contributed by atoms with E-state index in [2.05, 4.69) is 29.1 Å². The monoisotopic (exact) mass is 340 g/mol. The number of aliphatic hydroxyl groups is 1. The Morgan fingerprint density at radius 3 is 2.58 bits per heavy atom. The van der Waals surface area contributed by atoms with Crippen LogP contribution in [0.5, 0.6) is 0 Å². The van der Waals surface area contributed by atoms with Crippen molar-refractivity contribution in [3.8, 4) is 0 Å². The van der Waals surface area contributed by atoms with E-state index in [4.69, 9.17) is 0 Å². The molecule has 1 heterocycles. The summed E-state index contributed by atoms with van der Waals surface area (Å²) in [6.07, 6.45) is 4.61. The quantitative estimate of drug-likeness (QED) is 0.759. The summed E-state index contributed by atoms with van der Waals surface area (Å²) in [6, 6.07) is -0.0646. The van der Waals surface area contributed by atoms with Gasteiger partial charge in [-0.1, -0.05) is 26.2 Å². The van der Waals surface area contributed by atoms with Crippen molar-refractivity contribution in [2.45, 2.75) is 38.7 Å². The van der Waals surface area contributed by atoms with Crippen LogP contribution in [0.4, 0.5) is 4.79 Å². The summed E-state index contributed by atoms with van der Waals surface area (Å²) in [5, 5.41) is 13.3. The van der Waals surface area contributed by atoms with Crippen LogP contribution in [0.3, 0.4) is 0 Å². The fourth-order valence-electron chi connectivity index (χ4n) is 3.83. The molecule has 2 fully saturated rings. The molecule has 0 spiro atoms. The van der Waals surface area contributed by atoms with E-state index in [0.717, 1.165) is 32.7 Å². The first-order chi connectivity index (χ1) is 11.5. The molecule has 1 saturated heterocycles. The zero-order valence-corrected chi connectivity index (χ0v) is 15.7. The summed E-state index contributed by atoms with van der Waals surface area (Å²) in [7, 11) is 3.89. The number of nitrogens with zero attached hydrogens (tertiary/aromatic N) is 3. The lowest BCUT2D eigenvalue weighted by molar-refractivity contribution is 0.0655. The van der Waals surface area contributed by atoms with Crippen LogP contribution in [0.15, 0.2) is 0 Å². The SMILES string of the molecule is CC1CCCCC1CNC(=O)N(C)CC(O)CN1CCN(C)CC1. The second-order valence-electron chi connectivity index (χ2n) is 7.85. The molecule has 0 radical (unpaired) electrons. The van der Waals surface area contributed by atoms with Crippen LogP contribution in [0.25, 0.3) is 0 Å². The van der Waals surface area contributed by atoms with Crippen molar-refractivity contribution < 1.29 is 9.90 Å². The summed E-state index contributed by atoms with van der Waals surface area (Å²) < 4.78 is 0. The van der Waals surface area contributed by atoms with Gasteiger partial charge in [0.1, 0.15) is 0 Å². The molecule has 0 bridgehead atoms. The molecule has 2 aliphatic rings. The maximum Gasteiger partial charge on any atom is 0.317 e. The zero-order valence-electron chi connectivity index (χ0n) is 15.7. The van der Waals surface area contributed by atoms with Crippen molar-refractivity contribution in [2.75, 3.05) is 59.9 Å². The molecule has 3 unspecified atom stereocenters. The molecule has 0 aromatic heterocycles. The highest BCUT2D eigenvalue weighted by Crippen LogP contribution is 2.28. The van der Waals surface area contributed by atoms with Crippen LogP contribution in [-0.2, 0) is 0 Å². The van der Waals surface area contributed by atoms with Gasteiger partial charge in [0.15, 0.2) is 0 Å². The molecule has 1 aliphatic carbocycles. The van der Waals surface area contributed by atoms with Crippen LogP contribution < -0.4 is 5.32 Å². The molecule has 0 aromatic carbocycles. The van der Waals surface area contributed by atoms with Gasteiger partial charge in [-0.15, -0.1) is 0 Å². The molecule has 6 heteroatoms. The molecular formula is C18H36N4O2. The topological polar surface area (TPSA) is 59.1 Å². The van der Waals surface area contributed by atoms with E-state index in [1.807, 2.05) is 0 Å². The fraction of sp³-hybridized carbons (Fsp3) is 0.944. The molecule has 0 aromatic rings. The second-order valence-corrected chi connectivity index (χ2v) is 7.85. The Balaban J connectivity index is 1.65. The zero-order chi connectivity index (χ0) is 17.5. The highest BCUT2D eigenvalue weighted by molar-refractivity contribution is 5.73. The maximum atomic E-state index is 12.2. The Labute approximate surface area is 147 Å². The predicted octanol–water partition coefficient (Wildman–Crippen LogP) is 1.06. The summed E-state index contributed by atoms with van der Waals surface area (Å²) in [4.78, 5) is 18.4. The van der Waals surface area contributed by atoms with Crippen LogP contribution in [0.2, 0.25) is 0 Å². The van der Waals surface area contributed by atoms with Crippen LogP contribution in [0.1, 0.15) is 32.6 Å². The lowest BCUT2D eigenvalue weighted by Gasteiger charge is -2.34. The standard InChI is InChI=1S/C18H36N4O2/c1-15-6-4-5-7-16(15)12-19-18(24)21(3)13-17(23)14-22-10-8-20(2)9-11-22/h15-17,23H,4-14H2,1-3H3,(H,19,24). The molecule has 6 nitrogen and oxygen atoms in total. The van der Waals surface area contributed by atoms with Gasteiger partial charge in [-0.05, 0) is 25.3 Å². The van der Waals surface area contributed by atoms with Crippen molar-refractivity contribution in [1.29, 1.82) is 0 Å². The van der Waals surface area contributed by atoms with E-state index >= 15 is 0 Å². The van der Waals surface area contributed by atoms with Gasteiger partial charge in [-0.3, -0.25) is 4.90 Å². The Bertz CT molecular complexity index is 385. The number of carbonyl (C=O) groups is 1. The molecule has 3 atom stereocenters. The van der Waals surface area contributed by atoms with Gasteiger partial charge in [-0.25, -0.2) is 4.79 Å². The Hall–Kier alpha value is -0.850. The van der Waals surface area contributed by atoms with E-state index in [-0.39, 0.29) is 6.03 Å². The smallest absolute Gasteiger partial charge is 0.317 e. The highest BCUT2D eigenvalue weighted by atomic mass is 16.3. The Morgan fingerprint density at radius 2 is 1.92 bits per heavy atom. The third-order valence-corrected chi connectivity index (χ3v) is 5.70. The number of urea groups is 1. The first-order valence-corrected chi connectivity index (χ1v) is 9.53. The molecule has 24 heavy (non-hydrogen) atoms. The van der Waals surface area contributed by atoms with E-state index < -0.39 is 6.10 Å². The molecule has 1 aliphatic heterocycles. The van der Waals surface area contributed by atoms with Crippen LogP contribution in [-0.4, -0.2) is 91.8 Å². The number of hydrogen-bond acceptors (Lipinski definition) is 4. The summed E-state index contributed by atoms with van der Waals surface area (Å²) in [6.45, 7) is 8.15. The first kappa shape index (κ1) is 19.5. The number of rotatable bonds is 6. The number of piperazine rings is 1. The molecule has 2 amide bonds. The first-order valence-electron chi connectivity index (χ1n) is 9.53. The largest absolute Gasteiger partial charge is 0.390 e. The summed E-state index contributed by atoms with van der Waals surface area (Å²) in [5.41, 5.74) is 0. The van der Waals surface area contributed by atoms with Gasteiger partial charge in [-0.2, -0.15) is 0 Å². The number of β-amino-alcohol motifs (C(OH)–C–C–N with tert-alkyl or cyclic N) is 1. The number of amides is 2. The normalized spacial score (nSPS) is 27.7. The van der Waals surface area contributed by atoms with Crippen LogP contribution >= 0.6 is 0 Å². The van der Waals surface area contributed by atoms with Crippen molar-refractivity contribution in [3.05, 3.63) is 0 Å². The number of nitrogens with one attached hydrogen (secondary N) is 1. The molecule has 2 N–H and O–H groups in total. The lowest BCUT2D eigenvalue weighted by atomic mass is 9.80. The third kappa shape index (κ3) is 6.22. The van der Waals surface area contributed by atoms with E-state index in [0.29, 0.717) is 24.9 Å². The van der Waals surface area contributed by atoms with Gasteiger partial charge >= 0.3 is 6.03 Å². The van der Waals surface area contributed by atoms with Gasteiger partial charge in [0, 0.05) is 52.9 Å². The number of carbonyl (C=O) groups excluding carboxylic acids is 1. The minimum atomic E-state index is -0.488. The average molecular weight is 341 g/mol. The minimum Gasteiger partial charge on any atom is -0.390 e. The van der Waals surface area contributed by atoms with Crippen molar-refractivity contribution >= 4 is 6.03 Å².